The molecule has 0 saturated carbocycles. The van der Waals surface area contributed by atoms with Crippen LogP contribution in [-0.4, -0.2) is 28.2 Å². The number of rotatable bonds is 6. The van der Waals surface area contributed by atoms with E-state index in [9.17, 15) is 9.59 Å². The van der Waals surface area contributed by atoms with Gasteiger partial charge in [0.2, 0.25) is 0 Å². The van der Waals surface area contributed by atoms with E-state index < -0.39 is 6.09 Å². The van der Waals surface area contributed by atoms with Gasteiger partial charge in [-0.2, -0.15) is 5.10 Å². The van der Waals surface area contributed by atoms with E-state index in [0.29, 0.717) is 5.56 Å². The third-order valence-corrected chi connectivity index (χ3v) is 3.06. The fourth-order valence-corrected chi connectivity index (χ4v) is 1.79. The second kappa shape index (κ2) is 7.40. The second-order valence-electron chi connectivity index (χ2n) is 5.14. The molecular weight excluding hydrogens is 282 g/mol. The van der Waals surface area contributed by atoms with E-state index in [1.807, 2.05) is 44.2 Å². The summed E-state index contributed by atoms with van der Waals surface area (Å²) in [7, 11) is 0. The maximum Gasteiger partial charge on any atom is 0.407 e. The van der Waals surface area contributed by atoms with Gasteiger partial charge >= 0.3 is 6.09 Å². The molecule has 0 aliphatic carbocycles. The summed E-state index contributed by atoms with van der Waals surface area (Å²) in [4.78, 5) is 23.5. The van der Waals surface area contributed by atoms with Crippen molar-refractivity contribution in [3.05, 3.63) is 53.9 Å². The third kappa shape index (κ3) is 4.44. The van der Waals surface area contributed by atoms with E-state index in [1.165, 1.54) is 6.20 Å². The number of carbonyl (C=O) groups is 2. The van der Waals surface area contributed by atoms with Crippen LogP contribution in [0.25, 0.3) is 0 Å². The number of nitrogens with zero attached hydrogens (tertiary/aromatic N) is 2. The predicted molar refractivity (Wildman–Crippen MR) is 81.6 cm³/mol. The first-order valence-corrected chi connectivity index (χ1v) is 7.08. The summed E-state index contributed by atoms with van der Waals surface area (Å²) in [6, 6.07) is 9.53. The van der Waals surface area contributed by atoms with E-state index in [4.69, 9.17) is 4.74 Å². The highest BCUT2D eigenvalue weighted by molar-refractivity contribution is 5.98. The molecule has 22 heavy (non-hydrogen) atoms. The Kier molecular flexibility index (Phi) is 5.30. The van der Waals surface area contributed by atoms with E-state index in [2.05, 4.69) is 10.4 Å². The number of hydrogen-bond acceptors (Lipinski definition) is 4. The van der Waals surface area contributed by atoms with Gasteiger partial charge in [0.25, 0.3) is 0 Å². The van der Waals surface area contributed by atoms with Crippen molar-refractivity contribution in [2.75, 3.05) is 6.54 Å². The number of alkyl carbamates (subject to hydrolysis) is 1. The highest BCUT2D eigenvalue weighted by Crippen LogP contribution is 2.06. The minimum absolute atomic E-state index is 0.114. The molecule has 0 fully saturated rings. The molecule has 0 saturated heterocycles. The second-order valence-corrected chi connectivity index (χ2v) is 5.14. The molecule has 1 aromatic heterocycles. The lowest BCUT2D eigenvalue weighted by atomic mass is 10.2. The Labute approximate surface area is 129 Å². The molecule has 2 aromatic rings. The van der Waals surface area contributed by atoms with Crippen LogP contribution in [0.15, 0.2) is 42.7 Å². The first-order chi connectivity index (χ1) is 10.6. The Bertz CT molecular complexity index is 635. The molecule has 6 nitrogen and oxygen atoms in total. The van der Waals surface area contributed by atoms with E-state index in [0.717, 1.165) is 5.56 Å². The van der Waals surface area contributed by atoms with E-state index in [-0.39, 0.29) is 25.0 Å². The Morgan fingerprint density at radius 1 is 1.27 bits per heavy atom. The van der Waals surface area contributed by atoms with Crippen LogP contribution in [0.2, 0.25) is 0 Å². The van der Waals surface area contributed by atoms with Crippen LogP contribution >= 0.6 is 0 Å². The normalized spacial score (nSPS) is 10.5. The number of amides is 1. The van der Waals surface area contributed by atoms with E-state index >= 15 is 0 Å². The maximum absolute atomic E-state index is 11.9. The molecule has 1 aromatic carbocycles. The molecule has 0 bridgehead atoms. The number of aromatic nitrogens is 2. The average Bonchev–Trinajstić information content (AvgIpc) is 3.02. The number of carbonyl (C=O) groups excluding carboxylic acids is 2. The largest absolute Gasteiger partial charge is 0.445 e. The summed E-state index contributed by atoms with van der Waals surface area (Å²) in [5, 5.41) is 6.53. The molecule has 0 aliphatic rings. The lowest BCUT2D eigenvalue weighted by Gasteiger charge is -2.06. The molecule has 1 heterocycles. The summed E-state index contributed by atoms with van der Waals surface area (Å²) in [5.74, 6) is -0.205. The van der Waals surface area contributed by atoms with Crippen molar-refractivity contribution < 1.29 is 14.3 Å². The van der Waals surface area contributed by atoms with Gasteiger partial charge in [0.15, 0.2) is 5.78 Å². The SMILES string of the molecule is CC(C)n1cc(C(=O)CNC(=O)OCc2ccccc2)cn1. The third-order valence-electron chi connectivity index (χ3n) is 3.06. The van der Waals surface area contributed by atoms with Gasteiger partial charge in [0.1, 0.15) is 6.61 Å². The summed E-state index contributed by atoms with van der Waals surface area (Å²) in [6.07, 6.45) is 2.55. The highest BCUT2D eigenvalue weighted by Gasteiger charge is 2.12. The number of ketones is 1. The maximum atomic E-state index is 11.9. The summed E-state index contributed by atoms with van der Waals surface area (Å²) in [5.41, 5.74) is 1.36. The minimum atomic E-state index is -0.617. The molecule has 0 unspecified atom stereocenters. The Hall–Kier alpha value is -2.63. The van der Waals surface area contributed by atoms with Crippen molar-refractivity contribution >= 4 is 11.9 Å². The molecule has 0 atom stereocenters. The van der Waals surface area contributed by atoms with Crippen molar-refractivity contribution in [1.29, 1.82) is 0 Å². The fourth-order valence-electron chi connectivity index (χ4n) is 1.79. The number of hydrogen-bond donors (Lipinski definition) is 1. The van der Waals surface area contributed by atoms with Crippen molar-refractivity contribution in [1.82, 2.24) is 15.1 Å². The van der Waals surface area contributed by atoms with Crippen LogP contribution in [0.4, 0.5) is 4.79 Å². The molecule has 2 rings (SSSR count). The van der Waals surface area contributed by atoms with Gasteiger partial charge in [0.05, 0.1) is 18.3 Å². The number of nitrogens with one attached hydrogen (secondary N) is 1. The first-order valence-electron chi connectivity index (χ1n) is 7.08. The summed E-state index contributed by atoms with van der Waals surface area (Å²) >= 11 is 0. The molecule has 1 amide bonds. The standard InChI is InChI=1S/C16H19N3O3/c1-12(2)19-10-14(8-18-19)15(20)9-17-16(21)22-11-13-6-4-3-5-7-13/h3-8,10,12H,9,11H2,1-2H3,(H,17,21). The molecule has 1 N–H and O–H groups in total. The van der Waals surface area contributed by atoms with Crippen LogP contribution in [0, 0.1) is 0 Å². The van der Waals surface area contributed by atoms with Gasteiger partial charge in [-0.1, -0.05) is 30.3 Å². The zero-order chi connectivity index (χ0) is 15.9. The molecule has 0 radical (unpaired) electrons. The fraction of sp³-hybridized carbons (Fsp3) is 0.312. The first kappa shape index (κ1) is 15.8. The molecule has 0 aliphatic heterocycles. The van der Waals surface area contributed by atoms with Crippen LogP contribution < -0.4 is 5.32 Å². The summed E-state index contributed by atoms with van der Waals surface area (Å²) < 4.78 is 6.73. The molecular formula is C16H19N3O3. The number of Topliss-reactive ketones (excluding diaryl/α,β-unsaturated/α-hetero) is 1. The van der Waals surface area contributed by atoms with Gasteiger partial charge in [-0.25, -0.2) is 4.79 Å². The van der Waals surface area contributed by atoms with Crippen LogP contribution in [0.1, 0.15) is 35.8 Å². The lowest BCUT2D eigenvalue weighted by Crippen LogP contribution is -2.29. The van der Waals surface area contributed by atoms with Crippen LogP contribution in [-0.2, 0) is 11.3 Å². The number of ether oxygens (including phenoxy) is 1. The zero-order valence-electron chi connectivity index (χ0n) is 12.7. The number of benzene rings is 1. The average molecular weight is 301 g/mol. The minimum Gasteiger partial charge on any atom is -0.445 e. The van der Waals surface area contributed by atoms with Crippen molar-refractivity contribution in [3.63, 3.8) is 0 Å². The Morgan fingerprint density at radius 3 is 2.64 bits per heavy atom. The van der Waals surface area contributed by atoms with Gasteiger partial charge in [0, 0.05) is 12.2 Å². The quantitative estimate of drug-likeness (QED) is 0.832. The smallest absolute Gasteiger partial charge is 0.407 e. The van der Waals surface area contributed by atoms with Crippen LogP contribution in [0.5, 0.6) is 0 Å². The monoisotopic (exact) mass is 301 g/mol. The molecule has 0 spiro atoms. The lowest BCUT2D eigenvalue weighted by molar-refractivity contribution is 0.0974. The van der Waals surface area contributed by atoms with Gasteiger partial charge in [-0.3, -0.25) is 9.48 Å². The Morgan fingerprint density at radius 2 is 2.00 bits per heavy atom. The highest BCUT2D eigenvalue weighted by atomic mass is 16.5. The van der Waals surface area contributed by atoms with Crippen molar-refractivity contribution in [3.8, 4) is 0 Å². The topological polar surface area (TPSA) is 73.2 Å². The summed E-state index contributed by atoms with van der Waals surface area (Å²) in [6.45, 7) is 4.00. The molecule has 6 heteroatoms. The molecule has 116 valence electrons. The predicted octanol–water partition coefficient (Wildman–Crippen LogP) is 2.57. The van der Waals surface area contributed by atoms with Crippen molar-refractivity contribution in [2.45, 2.75) is 26.5 Å². The van der Waals surface area contributed by atoms with Gasteiger partial charge in [-0.05, 0) is 19.4 Å². The van der Waals surface area contributed by atoms with Crippen molar-refractivity contribution in [2.24, 2.45) is 0 Å². The van der Waals surface area contributed by atoms with Crippen LogP contribution in [0.3, 0.4) is 0 Å². The van der Waals surface area contributed by atoms with E-state index in [1.54, 1.807) is 10.9 Å². The van der Waals surface area contributed by atoms with Gasteiger partial charge < -0.3 is 10.1 Å². The Balaban J connectivity index is 1.76. The van der Waals surface area contributed by atoms with Gasteiger partial charge in [-0.15, -0.1) is 0 Å². The zero-order valence-corrected chi connectivity index (χ0v) is 12.7.